The number of thiophene rings is 1. The van der Waals surface area contributed by atoms with Crippen molar-refractivity contribution in [2.75, 3.05) is 12.9 Å². The van der Waals surface area contributed by atoms with Gasteiger partial charge in [0.25, 0.3) is 0 Å². The first-order valence-corrected chi connectivity index (χ1v) is 7.70. The minimum absolute atomic E-state index is 0.0428. The predicted octanol–water partition coefficient (Wildman–Crippen LogP) is 3.17. The van der Waals surface area contributed by atoms with Gasteiger partial charge in [-0.15, -0.1) is 23.1 Å². The number of hydrogen-bond acceptors (Lipinski definition) is 4. The van der Waals surface area contributed by atoms with Crippen LogP contribution in [0.5, 0.6) is 5.75 Å². The number of benzene rings is 1. The van der Waals surface area contributed by atoms with E-state index in [2.05, 4.69) is 5.32 Å². The van der Waals surface area contributed by atoms with E-state index in [-0.39, 0.29) is 5.91 Å². The van der Waals surface area contributed by atoms with E-state index in [1.54, 1.807) is 18.4 Å². The van der Waals surface area contributed by atoms with E-state index in [9.17, 15) is 4.79 Å². The van der Waals surface area contributed by atoms with Crippen LogP contribution in [0.25, 0.3) is 0 Å². The second-order valence-corrected chi connectivity index (χ2v) is 5.90. The Balaban J connectivity index is 1.76. The van der Waals surface area contributed by atoms with E-state index >= 15 is 0 Å². The fourth-order valence-corrected chi connectivity index (χ4v) is 2.91. The first kappa shape index (κ1) is 14.0. The largest absolute Gasteiger partial charge is 0.497 e. The topological polar surface area (TPSA) is 38.3 Å². The smallest absolute Gasteiger partial charge is 0.230 e. The van der Waals surface area contributed by atoms with Gasteiger partial charge < -0.3 is 10.1 Å². The van der Waals surface area contributed by atoms with Crippen LogP contribution in [0.1, 0.15) is 4.88 Å². The number of hydrogen-bond donors (Lipinski definition) is 1. The number of amides is 1. The average molecular weight is 293 g/mol. The monoisotopic (exact) mass is 293 g/mol. The molecule has 0 atom stereocenters. The molecule has 0 fully saturated rings. The van der Waals surface area contributed by atoms with Crippen molar-refractivity contribution in [2.45, 2.75) is 11.4 Å². The highest BCUT2D eigenvalue weighted by Crippen LogP contribution is 2.22. The quantitative estimate of drug-likeness (QED) is 0.831. The molecule has 0 saturated heterocycles. The van der Waals surface area contributed by atoms with Crippen LogP contribution in [0.4, 0.5) is 0 Å². The van der Waals surface area contributed by atoms with Crippen LogP contribution in [0, 0.1) is 0 Å². The first-order valence-electron chi connectivity index (χ1n) is 5.84. The number of nitrogens with one attached hydrogen (secondary N) is 1. The van der Waals surface area contributed by atoms with Gasteiger partial charge in [0, 0.05) is 9.77 Å². The van der Waals surface area contributed by atoms with Crippen molar-refractivity contribution in [2.24, 2.45) is 0 Å². The third-order valence-electron chi connectivity index (χ3n) is 2.45. The van der Waals surface area contributed by atoms with Gasteiger partial charge in [-0.25, -0.2) is 0 Å². The minimum atomic E-state index is 0.0428. The normalized spacial score (nSPS) is 10.2. The van der Waals surface area contributed by atoms with Gasteiger partial charge in [0.1, 0.15) is 5.75 Å². The molecule has 19 heavy (non-hydrogen) atoms. The Hall–Kier alpha value is -1.46. The zero-order chi connectivity index (χ0) is 13.5. The number of methoxy groups -OCH3 is 1. The molecule has 0 spiro atoms. The summed E-state index contributed by atoms with van der Waals surface area (Å²) in [5, 5.41) is 4.91. The Morgan fingerprint density at radius 1 is 1.37 bits per heavy atom. The van der Waals surface area contributed by atoms with Gasteiger partial charge in [0.05, 0.1) is 19.4 Å². The molecule has 0 bridgehead atoms. The molecule has 0 radical (unpaired) electrons. The summed E-state index contributed by atoms with van der Waals surface area (Å²) in [4.78, 5) is 13.9. The molecular weight excluding hydrogens is 278 g/mol. The lowest BCUT2D eigenvalue weighted by Crippen LogP contribution is -2.24. The van der Waals surface area contributed by atoms with Gasteiger partial charge in [-0.05, 0) is 29.6 Å². The van der Waals surface area contributed by atoms with Crippen molar-refractivity contribution in [1.29, 1.82) is 0 Å². The summed E-state index contributed by atoms with van der Waals surface area (Å²) in [5.74, 6) is 1.27. The summed E-state index contributed by atoms with van der Waals surface area (Å²) in [7, 11) is 1.64. The Morgan fingerprint density at radius 2 is 2.26 bits per heavy atom. The molecule has 0 unspecified atom stereocenters. The fraction of sp³-hybridized carbons (Fsp3) is 0.214. The van der Waals surface area contributed by atoms with Crippen molar-refractivity contribution in [3.63, 3.8) is 0 Å². The lowest BCUT2D eigenvalue weighted by Gasteiger charge is -2.05. The highest BCUT2D eigenvalue weighted by atomic mass is 32.2. The lowest BCUT2D eigenvalue weighted by molar-refractivity contribution is -0.118. The SMILES string of the molecule is COc1cccc(SCC(=O)NCc2cccs2)c1. The van der Waals surface area contributed by atoms with Crippen LogP contribution in [0.2, 0.25) is 0 Å². The summed E-state index contributed by atoms with van der Waals surface area (Å²) >= 11 is 3.15. The summed E-state index contributed by atoms with van der Waals surface area (Å²) < 4.78 is 5.15. The van der Waals surface area contributed by atoms with Gasteiger partial charge in [-0.3, -0.25) is 4.79 Å². The Labute approximate surface area is 121 Å². The molecule has 0 aliphatic rings. The molecule has 0 saturated carbocycles. The first-order chi connectivity index (χ1) is 9.28. The van der Waals surface area contributed by atoms with Crippen LogP contribution < -0.4 is 10.1 Å². The number of ether oxygens (including phenoxy) is 1. The molecule has 100 valence electrons. The predicted molar refractivity (Wildman–Crippen MR) is 79.9 cm³/mol. The summed E-state index contributed by atoms with van der Waals surface area (Å²) in [6, 6.07) is 11.7. The van der Waals surface area contributed by atoms with Crippen LogP contribution >= 0.6 is 23.1 Å². The molecule has 1 amide bonds. The van der Waals surface area contributed by atoms with Crippen LogP contribution in [-0.4, -0.2) is 18.8 Å². The van der Waals surface area contributed by atoms with Crippen molar-refractivity contribution >= 4 is 29.0 Å². The van der Waals surface area contributed by atoms with Gasteiger partial charge in [0.15, 0.2) is 0 Å². The van der Waals surface area contributed by atoms with Crippen molar-refractivity contribution in [3.8, 4) is 5.75 Å². The molecule has 0 aliphatic heterocycles. The Bertz CT molecular complexity index is 526. The van der Waals surface area contributed by atoms with Gasteiger partial charge in [-0.1, -0.05) is 12.1 Å². The summed E-state index contributed by atoms with van der Waals surface area (Å²) in [5.41, 5.74) is 0. The summed E-state index contributed by atoms with van der Waals surface area (Å²) in [6.45, 7) is 0.606. The van der Waals surface area contributed by atoms with Gasteiger partial charge in [-0.2, -0.15) is 0 Å². The van der Waals surface area contributed by atoms with E-state index < -0.39 is 0 Å². The average Bonchev–Trinajstić information content (AvgIpc) is 2.96. The number of rotatable bonds is 6. The summed E-state index contributed by atoms with van der Waals surface area (Å²) in [6.07, 6.45) is 0. The maximum Gasteiger partial charge on any atom is 0.230 e. The second-order valence-electron chi connectivity index (χ2n) is 3.82. The molecule has 2 rings (SSSR count). The molecule has 1 aromatic heterocycles. The minimum Gasteiger partial charge on any atom is -0.497 e. The van der Waals surface area contributed by atoms with Gasteiger partial charge in [0.2, 0.25) is 5.91 Å². The molecule has 1 heterocycles. The third-order valence-corrected chi connectivity index (χ3v) is 4.32. The third kappa shape index (κ3) is 4.61. The van der Waals surface area contributed by atoms with Crippen LogP contribution in [0.3, 0.4) is 0 Å². The molecule has 5 heteroatoms. The van der Waals surface area contributed by atoms with E-state index in [1.165, 1.54) is 16.6 Å². The highest BCUT2D eigenvalue weighted by Gasteiger charge is 2.04. The molecule has 2 aromatic rings. The lowest BCUT2D eigenvalue weighted by atomic mass is 10.3. The molecular formula is C14H15NO2S2. The van der Waals surface area contributed by atoms with E-state index in [0.29, 0.717) is 12.3 Å². The zero-order valence-corrected chi connectivity index (χ0v) is 12.2. The highest BCUT2D eigenvalue weighted by molar-refractivity contribution is 8.00. The Morgan fingerprint density at radius 3 is 3.00 bits per heavy atom. The fourth-order valence-electron chi connectivity index (χ4n) is 1.49. The van der Waals surface area contributed by atoms with Crippen LogP contribution in [-0.2, 0) is 11.3 Å². The maximum atomic E-state index is 11.7. The van der Waals surface area contributed by atoms with E-state index in [0.717, 1.165) is 10.6 Å². The molecule has 0 aliphatic carbocycles. The Kier molecular flexibility index (Phi) is 5.30. The van der Waals surface area contributed by atoms with E-state index in [4.69, 9.17) is 4.74 Å². The van der Waals surface area contributed by atoms with Crippen molar-refractivity contribution in [1.82, 2.24) is 5.32 Å². The maximum absolute atomic E-state index is 11.7. The molecule has 3 nitrogen and oxygen atoms in total. The standard InChI is InChI=1S/C14H15NO2S2/c1-17-11-4-2-5-12(8-11)19-10-14(16)15-9-13-6-3-7-18-13/h2-8H,9-10H2,1H3,(H,15,16). The van der Waals surface area contributed by atoms with Gasteiger partial charge >= 0.3 is 0 Å². The number of carbonyl (C=O) groups is 1. The molecule has 1 aromatic carbocycles. The van der Waals surface area contributed by atoms with E-state index in [1.807, 2.05) is 41.8 Å². The van der Waals surface area contributed by atoms with Crippen molar-refractivity contribution < 1.29 is 9.53 Å². The second kappa shape index (κ2) is 7.21. The number of thioether (sulfide) groups is 1. The number of carbonyl (C=O) groups excluding carboxylic acids is 1. The van der Waals surface area contributed by atoms with Crippen molar-refractivity contribution in [3.05, 3.63) is 46.7 Å². The zero-order valence-electron chi connectivity index (χ0n) is 10.6. The van der Waals surface area contributed by atoms with Crippen LogP contribution in [0.15, 0.2) is 46.7 Å². The molecule has 1 N–H and O–H groups in total.